The topological polar surface area (TPSA) is 29.3 Å². The Hall–Kier alpha value is -1.07. The fourth-order valence-electron chi connectivity index (χ4n) is 2.89. The lowest BCUT2D eigenvalue weighted by molar-refractivity contribution is -0.227. The van der Waals surface area contributed by atoms with Crippen molar-refractivity contribution < 1.29 is 13.2 Å². The Balaban J connectivity index is 2.13. The van der Waals surface area contributed by atoms with Gasteiger partial charge in [0, 0.05) is 26.2 Å². The van der Waals surface area contributed by atoms with E-state index >= 15 is 0 Å². The van der Waals surface area contributed by atoms with Gasteiger partial charge in [0.05, 0.1) is 5.41 Å². The minimum Gasteiger partial charge on any atom is -0.330 e. The average molecular weight is 272 g/mol. The zero-order valence-corrected chi connectivity index (χ0v) is 11.0. The van der Waals surface area contributed by atoms with Gasteiger partial charge in [0.15, 0.2) is 0 Å². The second kappa shape index (κ2) is 5.13. The molecule has 2 unspecified atom stereocenters. The second-order valence-corrected chi connectivity index (χ2v) is 5.41. The number of nitrogens with zero attached hydrogens (tertiary/aromatic N) is 1. The molecule has 0 radical (unpaired) electrons. The van der Waals surface area contributed by atoms with Gasteiger partial charge in [-0.3, -0.25) is 4.90 Å². The predicted molar refractivity (Wildman–Crippen MR) is 68.4 cm³/mol. The highest BCUT2D eigenvalue weighted by Crippen LogP contribution is 2.48. The SMILES string of the molecule is CC1CN(Cc2ccccc2)CC1(CN)C(F)(F)F. The molecule has 1 aromatic carbocycles. The van der Waals surface area contributed by atoms with Crippen molar-refractivity contribution in [1.29, 1.82) is 0 Å². The van der Waals surface area contributed by atoms with Gasteiger partial charge in [-0.2, -0.15) is 13.2 Å². The van der Waals surface area contributed by atoms with Gasteiger partial charge in [0.1, 0.15) is 0 Å². The predicted octanol–water partition coefficient (Wildman–Crippen LogP) is 2.65. The number of halogens is 3. The first-order valence-electron chi connectivity index (χ1n) is 6.42. The van der Waals surface area contributed by atoms with Crippen molar-refractivity contribution in [3.05, 3.63) is 35.9 Å². The quantitative estimate of drug-likeness (QED) is 0.916. The standard InChI is InChI=1S/C14H19F3N2/c1-11-7-19(8-12-5-3-2-4-6-12)10-13(11,9-18)14(15,16)17/h2-6,11H,7-10,18H2,1H3. The fourth-order valence-corrected chi connectivity index (χ4v) is 2.89. The molecule has 1 aliphatic heterocycles. The van der Waals surface area contributed by atoms with Crippen molar-refractivity contribution in [2.45, 2.75) is 19.6 Å². The Morgan fingerprint density at radius 1 is 1.32 bits per heavy atom. The monoisotopic (exact) mass is 272 g/mol. The molecule has 1 aromatic rings. The van der Waals surface area contributed by atoms with Gasteiger partial charge in [-0.25, -0.2) is 0 Å². The van der Waals surface area contributed by atoms with Gasteiger partial charge in [0.25, 0.3) is 0 Å². The smallest absolute Gasteiger partial charge is 0.330 e. The summed E-state index contributed by atoms with van der Waals surface area (Å²) in [5.74, 6) is -0.471. The van der Waals surface area contributed by atoms with E-state index in [9.17, 15) is 13.2 Å². The summed E-state index contributed by atoms with van der Waals surface area (Å²) < 4.78 is 39.8. The Labute approximate surface area is 111 Å². The third-order valence-electron chi connectivity index (χ3n) is 4.16. The molecule has 5 heteroatoms. The molecule has 1 heterocycles. The Morgan fingerprint density at radius 3 is 2.42 bits per heavy atom. The lowest BCUT2D eigenvalue weighted by atomic mass is 9.78. The van der Waals surface area contributed by atoms with E-state index < -0.39 is 17.5 Å². The van der Waals surface area contributed by atoms with Crippen LogP contribution in [-0.2, 0) is 6.54 Å². The van der Waals surface area contributed by atoms with Gasteiger partial charge < -0.3 is 5.73 Å². The zero-order valence-electron chi connectivity index (χ0n) is 11.0. The van der Waals surface area contributed by atoms with Crippen molar-refractivity contribution in [2.75, 3.05) is 19.6 Å². The maximum atomic E-state index is 13.3. The van der Waals surface area contributed by atoms with Crippen LogP contribution in [0.15, 0.2) is 30.3 Å². The van der Waals surface area contributed by atoms with Gasteiger partial charge >= 0.3 is 6.18 Å². The summed E-state index contributed by atoms with van der Waals surface area (Å²) in [4.78, 5) is 1.85. The molecular formula is C14H19F3N2. The van der Waals surface area contributed by atoms with Crippen molar-refractivity contribution >= 4 is 0 Å². The summed E-state index contributed by atoms with van der Waals surface area (Å²) in [7, 11) is 0. The van der Waals surface area contributed by atoms with Gasteiger partial charge in [-0.15, -0.1) is 0 Å². The summed E-state index contributed by atoms with van der Waals surface area (Å²) in [5, 5.41) is 0. The summed E-state index contributed by atoms with van der Waals surface area (Å²) in [6.07, 6.45) is -4.24. The van der Waals surface area contributed by atoms with E-state index in [1.165, 1.54) is 0 Å². The van der Waals surface area contributed by atoms with E-state index in [0.717, 1.165) is 5.56 Å². The van der Waals surface area contributed by atoms with Gasteiger partial charge in [0.2, 0.25) is 0 Å². The molecule has 2 rings (SSSR count). The summed E-state index contributed by atoms with van der Waals surface area (Å²) in [6.45, 7) is 2.27. The maximum Gasteiger partial charge on any atom is 0.397 e. The minimum absolute atomic E-state index is 0.0109. The minimum atomic E-state index is -4.24. The van der Waals surface area contributed by atoms with Crippen molar-refractivity contribution in [3.8, 4) is 0 Å². The zero-order chi connectivity index (χ0) is 14.1. The molecule has 2 N–H and O–H groups in total. The molecule has 0 spiro atoms. The fraction of sp³-hybridized carbons (Fsp3) is 0.571. The lowest BCUT2D eigenvalue weighted by Gasteiger charge is -2.34. The first-order valence-corrected chi connectivity index (χ1v) is 6.42. The van der Waals surface area contributed by atoms with Crippen molar-refractivity contribution in [3.63, 3.8) is 0 Å². The molecule has 1 aliphatic rings. The third kappa shape index (κ3) is 2.62. The number of rotatable bonds is 3. The summed E-state index contributed by atoms with van der Waals surface area (Å²) >= 11 is 0. The third-order valence-corrected chi connectivity index (χ3v) is 4.16. The number of alkyl halides is 3. The van der Waals surface area contributed by atoms with Crippen LogP contribution < -0.4 is 5.73 Å². The van der Waals surface area contributed by atoms with E-state index in [1.54, 1.807) is 6.92 Å². The van der Waals surface area contributed by atoms with Gasteiger partial charge in [-0.1, -0.05) is 37.3 Å². The number of likely N-dealkylation sites (tertiary alicyclic amines) is 1. The van der Waals surface area contributed by atoms with Crippen LogP contribution in [0.2, 0.25) is 0 Å². The molecular weight excluding hydrogens is 253 g/mol. The molecule has 1 saturated heterocycles. The average Bonchev–Trinajstić information content (AvgIpc) is 2.67. The molecule has 1 fully saturated rings. The van der Waals surface area contributed by atoms with Crippen LogP contribution in [-0.4, -0.2) is 30.7 Å². The van der Waals surface area contributed by atoms with E-state index in [-0.39, 0.29) is 13.1 Å². The molecule has 0 amide bonds. The van der Waals surface area contributed by atoms with Crippen LogP contribution in [0.5, 0.6) is 0 Å². The first-order chi connectivity index (χ1) is 8.89. The van der Waals surface area contributed by atoms with Crippen LogP contribution in [0.3, 0.4) is 0 Å². The Kier molecular flexibility index (Phi) is 3.87. The van der Waals surface area contributed by atoms with E-state index in [1.807, 2.05) is 35.2 Å². The Bertz CT molecular complexity index is 418. The highest BCUT2D eigenvalue weighted by Gasteiger charge is 2.60. The molecule has 0 aromatic heterocycles. The largest absolute Gasteiger partial charge is 0.397 e. The molecule has 2 atom stereocenters. The molecule has 19 heavy (non-hydrogen) atoms. The summed E-state index contributed by atoms with van der Waals surface area (Å²) in [5.41, 5.74) is 4.72. The Morgan fingerprint density at radius 2 is 1.95 bits per heavy atom. The van der Waals surface area contributed by atoms with Gasteiger partial charge in [-0.05, 0) is 11.5 Å². The van der Waals surface area contributed by atoms with Crippen LogP contribution in [0.1, 0.15) is 12.5 Å². The molecule has 0 aliphatic carbocycles. The van der Waals surface area contributed by atoms with Crippen LogP contribution in [0, 0.1) is 11.3 Å². The maximum absolute atomic E-state index is 13.3. The van der Waals surface area contributed by atoms with Crippen molar-refractivity contribution in [2.24, 2.45) is 17.1 Å². The van der Waals surface area contributed by atoms with E-state index in [4.69, 9.17) is 5.73 Å². The number of benzene rings is 1. The second-order valence-electron chi connectivity index (χ2n) is 5.41. The van der Waals surface area contributed by atoms with Crippen LogP contribution in [0.25, 0.3) is 0 Å². The first kappa shape index (κ1) is 14.3. The van der Waals surface area contributed by atoms with Crippen LogP contribution in [0.4, 0.5) is 13.2 Å². The molecule has 2 nitrogen and oxygen atoms in total. The van der Waals surface area contributed by atoms with E-state index in [2.05, 4.69) is 0 Å². The highest BCUT2D eigenvalue weighted by molar-refractivity contribution is 5.15. The number of nitrogens with two attached hydrogens (primary N) is 1. The molecule has 0 bridgehead atoms. The highest BCUT2D eigenvalue weighted by atomic mass is 19.4. The van der Waals surface area contributed by atoms with Crippen molar-refractivity contribution in [1.82, 2.24) is 4.90 Å². The number of hydrogen-bond donors (Lipinski definition) is 1. The normalized spacial score (nSPS) is 28.8. The molecule has 0 saturated carbocycles. The van der Waals surface area contributed by atoms with E-state index in [0.29, 0.717) is 13.1 Å². The lowest BCUT2D eigenvalue weighted by Crippen LogP contribution is -2.49. The summed E-state index contributed by atoms with van der Waals surface area (Å²) in [6, 6.07) is 9.56. The number of hydrogen-bond acceptors (Lipinski definition) is 2. The van der Waals surface area contributed by atoms with Crippen LogP contribution >= 0.6 is 0 Å². The molecule has 106 valence electrons.